The van der Waals surface area contributed by atoms with Gasteiger partial charge in [0.15, 0.2) is 6.29 Å². The quantitative estimate of drug-likeness (QED) is 0.495. The van der Waals surface area contributed by atoms with Crippen LogP contribution in [0.3, 0.4) is 0 Å². The van der Waals surface area contributed by atoms with E-state index in [0.717, 1.165) is 44.3 Å². The largest absolute Gasteiger partial charge is 0.374 e. The molecule has 2 aliphatic rings. The number of hydroxylamine groups is 1. The van der Waals surface area contributed by atoms with Gasteiger partial charge < -0.3 is 14.5 Å². The minimum absolute atomic E-state index is 0.0109. The minimum atomic E-state index is -0.799. The number of ether oxygens (including phenoxy) is 2. The van der Waals surface area contributed by atoms with Gasteiger partial charge >= 0.3 is 0 Å². The second-order valence-electron chi connectivity index (χ2n) is 8.49. The number of amides is 1. The number of benzene rings is 2. The van der Waals surface area contributed by atoms with E-state index in [1.54, 1.807) is 12.1 Å². The Balaban J connectivity index is 1.42. The maximum absolute atomic E-state index is 15.6. The summed E-state index contributed by atoms with van der Waals surface area (Å²) in [4.78, 5) is 20.8. The summed E-state index contributed by atoms with van der Waals surface area (Å²) in [6.07, 6.45) is 6.47. The summed E-state index contributed by atoms with van der Waals surface area (Å²) in [6.45, 7) is 1.29. The first-order chi connectivity index (χ1) is 16.1. The van der Waals surface area contributed by atoms with Crippen molar-refractivity contribution in [3.63, 3.8) is 0 Å². The van der Waals surface area contributed by atoms with E-state index in [4.69, 9.17) is 14.3 Å². The highest BCUT2D eigenvalue weighted by Gasteiger charge is 2.24. The molecule has 0 spiro atoms. The van der Waals surface area contributed by atoms with Gasteiger partial charge in [0.1, 0.15) is 11.6 Å². The Morgan fingerprint density at radius 1 is 1.03 bits per heavy atom. The van der Waals surface area contributed by atoms with E-state index < -0.39 is 23.8 Å². The summed E-state index contributed by atoms with van der Waals surface area (Å²) in [5.74, 6) is -2.13. The monoisotopic (exact) mass is 456 g/mol. The van der Waals surface area contributed by atoms with Crippen molar-refractivity contribution < 1.29 is 27.9 Å². The molecule has 3 aromatic rings. The second kappa shape index (κ2) is 9.59. The Kier molecular flexibility index (Phi) is 6.39. The molecule has 1 amide bonds. The Labute approximate surface area is 190 Å². The fourth-order valence-electron chi connectivity index (χ4n) is 4.51. The molecule has 8 heteroatoms. The minimum Gasteiger partial charge on any atom is -0.374 e. The molecule has 1 aromatic heterocycles. The number of hydrogen-bond acceptors (Lipinski definition) is 4. The van der Waals surface area contributed by atoms with Crippen LogP contribution in [-0.4, -0.2) is 30.4 Å². The molecule has 6 nitrogen and oxygen atoms in total. The third-order valence-corrected chi connectivity index (χ3v) is 6.28. The van der Waals surface area contributed by atoms with Crippen LogP contribution in [0.25, 0.3) is 22.0 Å². The fourth-order valence-corrected chi connectivity index (χ4v) is 4.51. The van der Waals surface area contributed by atoms with E-state index in [1.165, 1.54) is 12.3 Å². The summed E-state index contributed by atoms with van der Waals surface area (Å²) in [6, 6.07) is 8.27. The number of nitrogens with one attached hydrogen (secondary N) is 2. The fraction of sp³-hybridized carbons (Fsp3) is 0.400. The summed E-state index contributed by atoms with van der Waals surface area (Å²) < 4.78 is 41.7. The number of hydrogen-bond donors (Lipinski definition) is 2. The first-order valence-electron chi connectivity index (χ1n) is 11.4. The Morgan fingerprint density at radius 3 is 2.48 bits per heavy atom. The van der Waals surface area contributed by atoms with Crippen LogP contribution in [0.1, 0.15) is 60.6 Å². The summed E-state index contributed by atoms with van der Waals surface area (Å²) in [5, 5.41) is 0.0109. The molecule has 2 saturated heterocycles. The maximum Gasteiger partial charge on any atom is 0.277 e. The third kappa shape index (κ3) is 4.51. The molecular weight excluding hydrogens is 430 g/mol. The van der Waals surface area contributed by atoms with E-state index >= 15 is 4.39 Å². The highest BCUT2D eigenvalue weighted by Crippen LogP contribution is 2.35. The van der Waals surface area contributed by atoms with Crippen molar-refractivity contribution in [1.29, 1.82) is 0 Å². The van der Waals surface area contributed by atoms with Crippen LogP contribution in [0.15, 0.2) is 36.5 Å². The third-order valence-electron chi connectivity index (χ3n) is 6.28. The highest BCUT2D eigenvalue weighted by atomic mass is 19.1. The van der Waals surface area contributed by atoms with Crippen molar-refractivity contribution in [1.82, 2.24) is 10.5 Å². The zero-order valence-electron chi connectivity index (χ0n) is 18.2. The molecule has 2 N–H and O–H groups in total. The van der Waals surface area contributed by atoms with Gasteiger partial charge in [-0.2, -0.15) is 0 Å². The Hall–Kier alpha value is -2.81. The number of rotatable bonds is 5. The SMILES string of the molecule is O=C(NOC1CCCCO1)c1c[nH]c2cc(F)c(-c3ccc([C@@H]4CCCCO4)cc3)c(F)c12. The van der Waals surface area contributed by atoms with Crippen LogP contribution in [0, 0.1) is 11.6 Å². The lowest BCUT2D eigenvalue weighted by atomic mass is 9.96. The average Bonchev–Trinajstić information content (AvgIpc) is 3.28. The van der Waals surface area contributed by atoms with Crippen molar-refractivity contribution in [3.05, 3.63) is 59.3 Å². The number of aromatic amines is 1. The van der Waals surface area contributed by atoms with Crippen LogP contribution < -0.4 is 5.48 Å². The maximum atomic E-state index is 15.6. The highest BCUT2D eigenvalue weighted by molar-refractivity contribution is 6.07. The van der Waals surface area contributed by atoms with Gasteiger partial charge in [-0.05, 0) is 49.3 Å². The topological polar surface area (TPSA) is 72.6 Å². The van der Waals surface area contributed by atoms with Crippen molar-refractivity contribution in [2.45, 2.75) is 50.9 Å². The van der Waals surface area contributed by atoms with Crippen molar-refractivity contribution in [2.75, 3.05) is 13.2 Å². The van der Waals surface area contributed by atoms with Gasteiger partial charge in [-0.25, -0.2) is 19.1 Å². The number of fused-ring (bicyclic) bond motifs is 1. The molecule has 2 aromatic carbocycles. The number of halogens is 2. The molecular formula is C25H26F2N2O4. The van der Waals surface area contributed by atoms with Gasteiger partial charge in [-0.15, -0.1) is 0 Å². The molecule has 5 rings (SSSR count). The normalized spacial score (nSPS) is 21.3. The van der Waals surface area contributed by atoms with Gasteiger partial charge in [0.05, 0.1) is 22.7 Å². The molecule has 0 bridgehead atoms. The lowest BCUT2D eigenvalue weighted by Gasteiger charge is -2.23. The predicted octanol–water partition coefficient (Wildman–Crippen LogP) is 5.54. The van der Waals surface area contributed by atoms with Gasteiger partial charge in [0, 0.05) is 31.2 Å². The number of carbonyl (C=O) groups is 1. The number of carbonyl (C=O) groups excluding carboxylic acids is 1. The second-order valence-corrected chi connectivity index (χ2v) is 8.49. The first-order valence-corrected chi connectivity index (χ1v) is 11.4. The van der Waals surface area contributed by atoms with Crippen LogP contribution >= 0.6 is 0 Å². The molecule has 33 heavy (non-hydrogen) atoms. The van der Waals surface area contributed by atoms with Crippen molar-refractivity contribution >= 4 is 16.8 Å². The predicted molar refractivity (Wildman–Crippen MR) is 118 cm³/mol. The van der Waals surface area contributed by atoms with Gasteiger partial charge in [-0.3, -0.25) is 4.79 Å². The molecule has 3 heterocycles. The summed E-state index contributed by atoms with van der Waals surface area (Å²) >= 11 is 0. The molecule has 0 saturated carbocycles. The number of aromatic nitrogens is 1. The molecule has 2 aliphatic heterocycles. The van der Waals surface area contributed by atoms with Gasteiger partial charge in [0.2, 0.25) is 0 Å². The molecule has 2 fully saturated rings. The smallest absolute Gasteiger partial charge is 0.277 e. The molecule has 1 unspecified atom stereocenters. The Bertz CT molecular complexity index is 1130. The van der Waals surface area contributed by atoms with Gasteiger partial charge in [-0.1, -0.05) is 24.3 Å². The van der Waals surface area contributed by atoms with Crippen molar-refractivity contribution in [3.8, 4) is 11.1 Å². The zero-order valence-corrected chi connectivity index (χ0v) is 18.2. The summed E-state index contributed by atoms with van der Waals surface area (Å²) in [7, 11) is 0. The first kappa shape index (κ1) is 22.0. The van der Waals surface area contributed by atoms with Crippen LogP contribution in [0.5, 0.6) is 0 Å². The molecule has 174 valence electrons. The molecule has 0 radical (unpaired) electrons. The zero-order chi connectivity index (χ0) is 22.8. The molecule has 0 aliphatic carbocycles. The van der Waals surface area contributed by atoms with Crippen LogP contribution in [-0.2, 0) is 14.3 Å². The van der Waals surface area contributed by atoms with E-state index in [1.807, 2.05) is 12.1 Å². The van der Waals surface area contributed by atoms with Crippen LogP contribution in [0.4, 0.5) is 8.78 Å². The van der Waals surface area contributed by atoms with Crippen molar-refractivity contribution in [2.24, 2.45) is 0 Å². The van der Waals surface area contributed by atoms with Crippen LogP contribution in [0.2, 0.25) is 0 Å². The lowest BCUT2D eigenvalue weighted by molar-refractivity contribution is -0.186. The van der Waals surface area contributed by atoms with Gasteiger partial charge in [0.25, 0.3) is 5.91 Å². The Morgan fingerprint density at radius 2 is 1.79 bits per heavy atom. The standard InChI is InChI=1S/C25H26F2N2O4/c26-18-13-19-23(17(14-28-19)25(30)29-33-21-6-2-4-12-32-21)24(27)22(18)16-9-7-15(8-10-16)20-5-1-3-11-31-20/h7-10,13-14,20-21,28H,1-6,11-12H2,(H,29,30)/t20-,21?/m0/s1. The van der Waals surface area contributed by atoms with E-state index in [9.17, 15) is 9.18 Å². The van der Waals surface area contributed by atoms with E-state index in [2.05, 4.69) is 10.5 Å². The van der Waals surface area contributed by atoms with E-state index in [0.29, 0.717) is 18.6 Å². The molecule has 2 atom stereocenters. The lowest BCUT2D eigenvalue weighted by Crippen LogP contribution is -2.33. The van der Waals surface area contributed by atoms with E-state index in [-0.39, 0.29) is 28.1 Å². The average molecular weight is 456 g/mol. The summed E-state index contributed by atoms with van der Waals surface area (Å²) in [5.41, 5.74) is 3.77. The number of H-pyrrole nitrogens is 1.